The maximum absolute atomic E-state index is 10.8. The monoisotopic (exact) mass is 221 g/mol. The summed E-state index contributed by atoms with van der Waals surface area (Å²) in [5, 5.41) is 3.11. The Morgan fingerprint density at radius 1 is 1.44 bits per heavy atom. The zero-order valence-electron chi connectivity index (χ0n) is 9.95. The molecule has 0 saturated carbocycles. The third-order valence-electron chi connectivity index (χ3n) is 1.82. The number of hydrogen-bond acceptors (Lipinski definition) is 3. The molecule has 1 N–H and O–H groups in total. The van der Waals surface area contributed by atoms with Crippen LogP contribution in [-0.2, 0) is 9.53 Å². The van der Waals surface area contributed by atoms with Gasteiger partial charge in [0.15, 0.2) is 0 Å². The molecule has 0 rings (SSSR count). The van der Waals surface area contributed by atoms with E-state index in [2.05, 4.69) is 25.1 Å². The summed E-state index contributed by atoms with van der Waals surface area (Å²) in [5.74, 6) is -0.310. The first-order valence-electron chi connectivity index (χ1n) is 5.01. The van der Waals surface area contributed by atoms with Crippen LogP contribution < -0.4 is 5.32 Å². The van der Waals surface area contributed by atoms with Crippen LogP contribution in [0.25, 0.3) is 0 Å². The van der Waals surface area contributed by atoms with E-state index in [0.29, 0.717) is 0 Å². The average Bonchev–Trinajstić information content (AvgIpc) is 2.20. The molecular formula is C13H19NO2. The van der Waals surface area contributed by atoms with Gasteiger partial charge in [-0.2, -0.15) is 0 Å². The molecule has 3 heteroatoms. The highest BCUT2D eigenvalue weighted by Crippen LogP contribution is 2.07. The van der Waals surface area contributed by atoms with Gasteiger partial charge in [0.1, 0.15) is 6.61 Å². The van der Waals surface area contributed by atoms with Gasteiger partial charge in [-0.05, 0) is 12.5 Å². The van der Waals surface area contributed by atoms with Gasteiger partial charge in [0.25, 0.3) is 0 Å². The second kappa shape index (κ2) is 7.51. The second-order valence-electron chi connectivity index (χ2n) is 3.39. The number of allylic oxidation sites excluding steroid dienone is 3. The van der Waals surface area contributed by atoms with Crippen LogP contribution >= 0.6 is 0 Å². The van der Waals surface area contributed by atoms with Crippen molar-refractivity contribution in [1.29, 1.82) is 0 Å². The van der Waals surface area contributed by atoms with Crippen LogP contribution in [0, 0.1) is 0 Å². The lowest BCUT2D eigenvalue weighted by atomic mass is 10.1. The molecule has 0 aromatic heterocycles. The number of ether oxygens (including phenoxy) is 1. The van der Waals surface area contributed by atoms with E-state index in [1.807, 2.05) is 13.0 Å². The van der Waals surface area contributed by atoms with E-state index in [1.54, 1.807) is 12.2 Å². The van der Waals surface area contributed by atoms with Gasteiger partial charge in [-0.1, -0.05) is 38.0 Å². The molecule has 0 saturated heterocycles. The molecular weight excluding hydrogens is 202 g/mol. The van der Waals surface area contributed by atoms with E-state index >= 15 is 0 Å². The molecule has 0 spiro atoms. The Bertz CT molecular complexity index is 316. The molecule has 0 aliphatic rings. The predicted octanol–water partition coefficient (Wildman–Crippen LogP) is 2.34. The molecule has 0 bridgehead atoms. The van der Waals surface area contributed by atoms with Crippen LogP contribution in [-0.4, -0.2) is 18.6 Å². The number of hydrogen-bond donors (Lipinski definition) is 1. The molecule has 0 aliphatic carbocycles. The van der Waals surface area contributed by atoms with Crippen molar-refractivity contribution in [1.82, 2.24) is 5.32 Å². The van der Waals surface area contributed by atoms with Crippen LogP contribution in [0.4, 0.5) is 0 Å². The number of rotatable bonds is 7. The summed E-state index contributed by atoms with van der Waals surface area (Å²) in [6.07, 6.45) is 5.18. The van der Waals surface area contributed by atoms with Crippen LogP contribution in [0.1, 0.15) is 13.8 Å². The zero-order valence-corrected chi connectivity index (χ0v) is 9.95. The number of carbonyl (C=O) groups is 1. The molecule has 16 heavy (non-hydrogen) atoms. The van der Waals surface area contributed by atoms with Gasteiger partial charge in [-0.3, -0.25) is 4.79 Å². The molecule has 88 valence electrons. The van der Waals surface area contributed by atoms with Gasteiger partial charge in [0.05, 0.1) is 6.04 Å². The smallest absolute Gasteiger partial charge is 0.302 e. The topological polar surface area (TPSA) is 38.3 Å². The van der Waals surface area contributed by atoms with Crippen LogP contribution in [0.2, 0.25) is 0 Å². The van der Waals surface area contributed by atoms with Crippen molar-refractivity contribution in [3.05, 3.63) is 49.2 Å². The highest BCUT2D eigenvalue weighted by atomic mass is 16.5. The fraction of sp³-hybridized carbons (Fsp3) is 0.308. The second-order valence-corrected chi connectivity index (χ2v) is 3.39. The Balaban J connectivity index is 4.68. The quantitative estimate of drug-likeness (QED) is 0.529. The zero-order chi connectivity index (χ0) is 12.6. The lowest BCUT2D eigenvalue weighted by Gasteiger charge is -2.20. The van der Waals surface area contributed by atoms with Crippen molar-refractivity contribution in [3.63, 3.8) is 0 Å². The Morgan fingerprint density at radius 2 is 2.06 bits per heavy atom. The van der Waals surface area contributed by atoms with E-state index < -0.39 is 0 Å². The normalized spacial score (nSPS) is 12.5. The van der Waals surface area contributed by atoms with Crippen molar-refractivity contribution >= 4 is 5.97 Å². The summed E-state index contributed by atoms with van der Waals surface area (Å²) >= 11 is 0. The summed E-state index contributed by atoms with van der Waals surface area (Å²) in [6, 6.07) is -0.142. The molecule has 0 unspecified atom stereocenters. The molecule has 0 amide bonds. The number of carbonyl (C=O) groups excluding carboxylic acids is 1. The molecule has 0 aromatic rings. The van der Waals surface area contributed by atoms with Crippen molar-refractivity contribution < 1.29 is 9.53 Å². The first kappa shape index (κ1) is 14.2. The van der Waals surface area contributed by atoms with E-state index in [1.165, 1.54) is 6.92 Å². The van der Waals surface area contributed by atoms with Gasteiger partial charge in [0, 0.05) is 12.6 Å². The molecule has 0 radical (unpaired) electrons. The Hall–Kier alpha value is -1.77. The summed E-state index contributed by atoms with van der Waals surface area (Å²) in [7, 11) is 0. The summed E-state index contributed by atoms with van der Waals surface area (Å²) in [5.41, 5.74) is 1.70. The average molecular weight is 221 g/mol. The SMILES string of the molecule is C=C/C=C(\C=C)[C@@H](COC(C)=O)NC(=C)C. The first-order valence-corrected chi connectivity index (χ1v) is 5.01. The van der Waals surface area contributed by atoms with Gasteiger partial charge >= 0.3 is 5.97 Å². The van der Waals surface area contributed by atoms with Gasteiger partial charge in [0.2, 0.25) is 0 Å². The van der Waals surface area contributed by atoms with E-state index in [-0.39, 0.29) is 18.6 Å². The van der Waals surface area contributed by atoms with Crippen LogP contribution in [0.3, 0.4) is 0 Å². The van der Waals surface area contributed by atoms with Gasteiger partial charge in [-0.15, -0.1) is 0 Å². The highest BCUT2D eigenvalue weighted by Gasteiger charge is 2.12. The molecule has 0 heterocycles. The minimum atomic E-state index is -0.310. The summed E-state index contributed by atoms with van der Waals surface area (Å²) in [6.45, 7) is 14.6. The maximum atomic E-state index is 10.8. The molecule has 1 atom stereocenters. The molecule has 0 aliphatic heterocycles. The minimum absolute atomic E-state index is 0.142. The molecule has 3 nitrogen and oxygen atoms in total. The van der Waals surface area contributed by atoms with Crippen molar-refractivity contribution in [3.8, 4) is 0 Å². The maximum Gasteiger partial charge on any atom is 0.302 e. The van der Waals surface area contributed by atoms with Crippen molar-refractivity contribution in [2.75, 3.05) is 6.61 Å². The van der Waals surface area contributed by atoms with E-state index in [4.69, 9.17) is 4.74 Å². The van der Waals surface area contributed by atoms with Gasteiger partial charge < -0.3 is 10.1 Å². The Labute approximate surface area is 97.2 Å². The van der Waals surface area contributed by atoms with Gasteiger partial charge in [-0.25, -0.2) is 0 Å². The lowest BCUT2D eigenvalue weighted by molar-refractivity contribution is -0.141. The standard InChI is InChI=1S/C13H19NO2/c1-6-8-12(7-2)13(14-10(3)4)9-16-11(5)15/h6-8,13-14H,1-3,9H2,4-5H3/b12-8+/t13-/m1/s1. The third-order valence-corrected chi connectivity index (χ3v) is 1.82. The Kier molecular flexibility index (Phi) is 6.68. The highest BCUT2D eigenvalue weighted by molar-refractivity contribution is 5.66. The first-order chi connectivity index (χ1) is 7.51. The van der Waals surface area contributed by atoms with E-state index in [9.17, 15) is 4.79 Å². The fourth-order valence-electron chi connectivity index (χ4n) is 1.18. The minimum Gasteiger partial charge on any atom is -0.463 e. The van der Waals surface area contributed by atoms with Crippen LogP contribution in [0.5, 0.6) is 0 Å². The fourth-order valence-corrected chi connectivity index (χ4v) is 1.18. The Morgan fingerprint density at radius 3 is 2.44 bits per heavy atom. The predicted molar refractivity (Wildman–Crippen MR) is 66.8 cm³/mol. The molecule has 0 aromatic carbocycles. The third kappa shape index (κ3) is 5.86. The van der Waals surface area contributed by atoms with Crippen molar-refractivity contribution in [2.45, 2.75) is 19.9 Å². The van der Waals surface area contributed by atoms with E-state index in [0.717, 1.165) is 11.3 Å². The van der Waals surface area contributed by atoms with Crippen LogP contribution in [0.15, 0.2) is 49.2 Å². The molecule has 0 fully saturated rings. The summed E-state index contributed by atoms with van der Waals surface area (Å²) in [4.78, 5) is 10.8. The lowest BCUT2D eigenvalue weighted by Crippen LogP contribution is -2.34. The summed E-state index contributed by atoms with van der Waals surface area (Å²) < 4.78 is 4.97. The number of nitrogens with one attached hydrogen (secondary N) is 1. The largest absolute Gasteiger partial charge is 0.463 e. The van der Waals surface area contributed by atoms with Crippen molar-refractivity contribution in [2.24, 2.45) is 0 Å². The number of esters is 1.